The number of benzene rings is 1. The number of rotatable bonds is 3. The summed E-state index contributed by atoms with van der Waals surface area (Å²) in [7, 11) is 0. The molecule has 0 radical (unpaired) electrons. The van der Waals surface area contributed by atoms with Crippen LogP contribution in [0.4, 0.5) is 10.1 Å². The maximum Gasteiger partial charge on any atom is 0.228 e. The van der Waals surface area contributed by atoms with Crippen molar-refractivity contribution in [3.63, 3.8) is 0 Å². The Kier molecular flexibility index (Phi) is 4.09. The predicted octanol–water partition coefficient (Wildman–Crippen LogP) is 2.95. The molecular weight excluding hydrogens is 217 g/mol. The SMILES string of the molecule is Cc1cccc(F)c1NC(=O)C(C)CCl. The number of hydrogen-bond acceptors (Lipinski definition) is 1. The zero-order chi connectivity index (χ0) is 11.4. The number of amides is 1. The van der Waals surface area contributed by atoms with Gasteiger partial charge in [0.2, 0.25) is 5.91 Å². The van der Waals surface area contributed by atoms with Gasteiger partial charge in [0.05, 0.1) is 5.69 Å². The number of halogens is 2. The van der Waals surface area contributed by atoms with Crippen molar-refractivity contribution in [2.45, 2.75) is 13.8 Å². The molecule has 0 fully saturated rings. The second kappa shape index (κ2) is 5.12. The van der Waals surface area contributed by atoms with E-state index in [0.29, 0.717) is 5.56 Å². The first-order chi connectivity index (χ1) is 7.06. The van der Waals surface area contributed by atoms with Crippen LogP contribution in [0.15, 0.2) is 18.2 Å². The van der Waals surface area contributed by atoms with Crippen LogP contribution in [0, 0.1) is 18.7 Å². The highest BCUT2D eigenvalue weighted by molar-refractivity contribution is 6.19. The van der Waals surface area contributed by atoms with Gasteiger partial charge in [-0.25, -0.2) is 4.39 Å². The molecule has 0 saturated carbocycles. The van der Waals surface area contributed by atoms with E-state index < -0.39 is 5.82 Å². The minimum absolute atomic E-state index is 0.222. The van der Waals surface area contributed by atoms with Crippen LogP contribution in [-0.4, -0.2) is 11.8 Å². The van der Waals surface area contributed by atoms with E-state index in [1.54, 1.807) is 26.0 Å². The average Bonchev–Trinajstić information content (AvgIpc) is 2.22. The van der Waals surface area contributed by atoms with Gasteiger partial charge in [0, 0.05) is 11.8 Å². The highest BCUT2D eigenvalue weighted by Gasteiger charge is 2.14. The Labute approximate surface area is 93.4 Å². The summed E-state index contributed by atoms with van der Waals surface area (Å²) in [6.45, 7) is 3.43. The lowest BCUT2D eigenvalue weighted by Crippen LogP contribution is -2.22. The zero-order valence-electron chi connectivity index (χ0n) is 8.68. The maximum absolute atomic E-state index is 13.3. The van der Waals surface area contributed by atoms with Crippen molar-refractivity contribution < 1.29 is 9.18 Å². The molecule has 0 aromatic heterocycles. The summed E-state index contributed by atoms with van der Waals surface area (Å²) < 4.78 is 13.3. The van der Waals surface area contributed by atoms with Crippen molar-refractivity contribution in [3.05, 3.63) is 29.6 Å². The molecule has 1 atom stereocenters. The molecular formula is C11H13ClFNO. The van der Waals surface area contributed by atoms with Crippen LogP contribution in [0.2, 0.25) is 0 Å². The summed E-state index contributed by atoms with van der Waals surface area (Å²) in [6.07, 6.45) is 0. The molecule has 82 valence electrons. The lowest BCUT2D eigenvalue weighted by Gasteiger charge is -2.12. The largest absolute Gasteiger partial charge is 0.323 e. The molecule has 0 saturated heterocycles. The fourth-order valence-electron chi connectivity index (χ4n) is 1.11. The highest BCUT2D eigenvalue weighted by Crippen LogP contribution is 2.19. The van der Waals surface area contributed by atoms with Gasteiger partial charge in [-0.15, -0.1) is 11.6 Å². The van der Waals surface area contributed by atoms with Gasteiger partial charge in [-0.2, -0.15) is 0 Å². The number of alkyl halides is 1. The van der Waals surface area contributed by atoms with Crippen molar-refractivity contribution in [2.24, 2.45) is 5.92 Å². The van der Waals surface area contributed by atoms with E-state index in [4.69, 9.17) is 11.6 Å². The third-order valence-corrected chi connectivity index (χ3v) is 2.61. The Hall–Kier alpha value is -1.09. The van der Waals surface area contributed by atoms with E-state index in [-0.39, 0.29) is 23.4 Å². The van der Waals surface area contributed by atoms with Crippen molar-refractivity contribution in [1.82, 2.24) is 0 Å². The fourth-order valence-corrected chi connectivity index (χ4v) is 1.25. The van der Waals surface area contributed by atoms with E-state index in [1.165, 1.54) is 6.07 Å². The summed E-state index contributed by atoms with van der Waals surface area (Å²) in [5.74, 6) is -0.798. The molecule has 1 aromatic rings. The molecule has 1 unspecified atom stereocenters. The average molecular weight is 230 g/mol. The fraction of sp³-hybridized carbons (Fsp3) is 0.364. The van der Waals surface area contributed by atoms with Gasteiger partial charge in [0.1, 0.15) is 5.82 Å². The van der Waals surface area contributed by atoms with E-state index in [2.05, 4.69) is 5.32 Å². The highest BCUT2D eigenvalue weighted by atomic mass is 35.5. The lowest BCUT2D eigenvalue weighted by atomic mass is 10.1. The number of carbonyl (C=O) groups excluding carboxylic acids is 1. The Balaban J connectivity index is 2.85. The van der Waals surface area contributed by atoms with Gasteiger partial charge in [0.25, 0.3) is 0 Å². The molecule has 0 aliphatic carbocycles. The van der Waals surface area contributed by atoms with Crippen LogP contribution in [-0.2, 0) is 4.79 Å². The molecule has 1 N–H and O–H groups in total. The first kappa shape index (κ1) is 12.0. The third kappa shape index (κ3) is 2.93. The van der Waals surface area contributed by atoms with Gasteiger partial charge in [0.15, 0.2) is 0 Å². The van der Waals surface area contributed by atoms with E-state index in [9.17, 15) is 9.18 Å². The third-order valence-electron chi connectivity index (χ3n) is 2.15. The van der Waals surface area contributed by atoms with Gasteiger partial charge in [-0.05, 0) is 18.6 Å². The molecule has 1 rings (SSSR count). The van der Waals surface area contributed by atoms with Crippen LogP contribution in [0.25, 0.3) is 0 Å². The van der Waals surface area contributed by atoms with Gasteiger partial charge in [-0.3, -0.25) is 4.79 Å². The molecule has 0 spiro atoms. The second-order valence-corrected chi connectivity index (χ2v) is 3.78. The van der Waals surface area contributed by atoms with E-state index >= 15 is 0 Å². The number of anilines is 1. The van der Waals surface area contributed by atoms with Crippen LogP contribution in [0.5, 0.6) is 0 Å². The Morgan fingerprint density at radius 1 is 1.60 bits per heavy atom. The van der Waals surface area contributed by atoms with Gasteiger partial charge in [-0.1, -0.05) is 19.1 Å². The second-order valence-electron chi connectivity index (χ2n) is 3.48. The van der Waals surface area contributed by atoms with Crippen molar-refractivity contribution >= 4 is 23.2 Å². The molecule has 0 heterocycles. The normalized spacial score (nSPS) is 12.3. The summed E-state index contributed by atoms with van der Waals surface area (Å²) in [5, 5.41) is 2.53. The molecule has 0 aliphatic rings. The van der Waals surface area contributed by atoms with Crippen LogP contribution in [0.1, 0.15) is 12.5 Å². The van der Waals surface area contributed by atoms with E-state index in [1.807, 2.05) is 0 Å². The number of nitrogens with one attached hydrogen (secondary N) is 1. The number of aryl methyl sites for hydroxylation is 1. The first-order valence-electron chi connectivity index (χ1n) is 4.68. The number of hydrogen-bond donors (Lipinski definition) is 1. The molecule has 0 bridgehead atoms. The summed E-state index contributed by atoms with van der Waals surface area (Å²) in [4.78, 5) is 11.5. The molecule has 15 heavy (non-hydrogen) atoms. The van der Waals surface area contributed by atoms with Gasteiger partial charge < -0.3 is 5.32 Å². The van der Waals surface area contributed by atoms with E-state index in [0.717, 1.165) is 0 Å². The van der Waals surface area contributed by atoms with Crippen LogP contribution < -0.4 is 5.32 Å². The molecule has 1 amide bonds. The Bertz CT molecular complexity index is 347. The van der Waals surface area contributed by atoms with Crippen LogP contribution >= 0.6 is 11.6 Å². The topological polar surface area (TPSA) is 29.1 Å². The van der Waals surface area contributed by atoms with Crippen molar-refractivity contribution in [3.8, 4) is 0 Å². The number of carbonyl (C=O) groups is 1. The minimum atomic E-state index is -0.426. The summed E-state index contributed by atoms with van der Waals surface area (Å²) in [5.41, 5.74) is 0.935. The monoisotopic (exact) mass is 229 g/mol. The summed E-state index contributed by atoms with van der Waals surface area (Å²) >= 11 is 5.54. The predicted molar refractivity (Wildman–Crippen MR) is 59.7 cm³/mol. The maximum atomic E-state index is 13.3. The Morgan fingerprint density at radius 3 is 2.80 bits per heavy atom. The molecule has 4 heteroatoms. The minimum Gasteiger partial charge on any atom is -0.323 e. The van der Waals surface area contributed by atoms with Crippen LogP contribution in [0.3, 0.4) is 0 Å². The molecule has 0 aliphatic heterocycles. The zero-order valence-corrected chi connectivity index (χ0v) is 9.44. The standard InChI is InChI=1S/C11H13ClFNO/c1-7-4-3-5-9(13)10(7)14-11(15)8(2)6-12/h3-5,8H,6H2,1-2H3,(H,14,15). The Morgan fingerprint density at radius 2 is 2.27 bits per heavy atom. The smallest absolute Gasteiger partial charge is 0.228 e. The summed E-state index contributed by atoms with van der Waals surface area (Å²) in [6, 6.07) is 4.66. The van der Waals surface area contributed by atoms with Crippen molar-refractivity contribution in [1.29, 1.82) is 0 Å². The quantitative estimate of drug-likeness (QED) is 0.794. The molecule has 1 aromatic carbocycles. The lowest BCUT2D eigenvalue weighted by molar-refractivity contribution is -0.118. The number of para-hydroxylation sites is 1. The first-order valence-corrected chi connectivity index (χ1v) is 5.21. The van der Waals surface area contributed by atoms with Gasteiger partial charge >= 0.3 is 0 Å². The molecule has 2 nitrogen and oxygen atoms in total. The van der Waals surface area contributed by atoms with Crippen molar-refractivity contribution in [2.75, 3.05) is 11.2 Å².